The summed E-state index contributed by atoms with van der Waals surface area (Å²) in [4.78, 5) is 24.7. The first kappa shape index (κ1) is 12.6. The van der Waals surface area contributed by atoms with Crippen LogP contribution in [0.15, 0.2) is 38.8 Å². The fourth-order valence-corrected chi connectivity index (χ4v) is 3.85. The standard InChI is InChI=1S/C14H10O3S2/c1-8-2-3-11-9(6-8)13(16)12(10(15)7-17-11)14-18-4-5-19-14/h2-6H,7H2,1H3. The fraction of sp³-hybridized carbons (Fsp3) is 0.143. The lowest BCUT2D eigenvalue weighted by atomic mass is 10.0. The van der Waals surface area contributed by atoms with E-state index in [2.05, 4.69) is 0 Å². The number of ketones is 2. The second kappa shape index (κ2) is 4.90. The summed E-state index contributed by atoms with van der Waals surface area (Å²) in [5, 5.41) is 3.74. The summed E-state index contributed by atoms with van der Waals surface area (Å²) in [6.07, 6.45) is 0. The molecule has 3 nitrogen and oxygen atoms in total. The molecule has 0 spiro atoms. The van der Waals surface area contributed by atoms with Crippen LogP contribution in [0.3, 0.4) is 0 Å². The van der Waals surface area contributed by atoms with E-state index in [0.717, 1.165) is 9.80 Å². The van der Waals surface area contributed by atoms with E-state index < -0.39 is 0 Å². The largest absolute Gasteiger partial charge is 0.485 e. The number of aryl methyl sites for hydroxylation is 1. The lowest BCUT2D eigenvalue weighted by molar-refractivity contribution is -0.116. The van der Waals surface area contributed by atoms with Crippen molar-refractivity contribution >= 4 is 35.1 Å². The summed E-state index contributed by atoms with van der Waals surface area (Å²) in [6.45, 7) is 1.83. The molecule has 2 aliphatic rings. The summed E-state index contributed by atoms with van der Waals surface area (Å²) in [5.41, 5.74) is 1.70. The third-order valence-corrected chi connectivity index (χ3v) is 4.98. The van der Waals surface area contributed by atoms with Crippen molar-refractivity contribution in [3.05, 3.63) is 50.0 Å². The zero-order valence-electron chi connectivity index (χ0n) is 10.1. The molecule has 19 heavy (non-hydrogen) atoms. The molecule has 0 aliphatic carbocycles. The van der Waals surface area contributed by atoms with Gasteiger partial charge in [0.25, 0.3) is 0 Å². The number of thioether (sulfide) groups is 2. The average molecular weight is 290 g/mol. The van der Waals surface area contributed by atoms with Crippen LogP contribution in [0.1, 0.15) is 15.9 Å². The first-order valence-corrected chi connectivity index (χ1v) is 7.46. The van der Waals surface area contributed by atoms with Crippen LogP contribution >= 0.6 is 23.5 Å². The number of carbonyl (C=O) groups excluding carboxylic acids is 2. The molecule has 0 bridgehead atoms. The number of fused-ring (bicyclic) bond motifs is 1. The highest BCUT2D eigenvalue weighted by atomic mass is 32.2. The Bertz CT molecular complexity index is 634. The van der Waals surface area contributed by atoms with Gasteiger partial charge in [0.15, 0.2) is 6.61 Å². The SMILES string of the molecule is Cc1ccc2c(c1)C(=O)C(=C1SC=CS1)C(=O)CO2. The van der Waals surface area contributed by atoms with Gasteiger partial charge < -0.3 is 4.74 Å². The van der Waals surface area contributed by atoms with Gasteiger partial charge in [-0.2, -0.15) is 0 Å². The molecule has 3 rings (SSSR count). The van der Waals surface area contributed by atoms with Crippen LogP contribution in [0, 0.1) is 6.92 Å². The van der Waals surface area contributed by atoms with Crippen LogP contribution in [-0.2, 0) is 4.79 Å². The van der Waals surface area contributed by atoms with Crippen molar-refractivity contribution in [1.82, 2.24) is 0 Å². The third kappa shape index (κ3) is 2.24. The van der Waals surface area contributed by atoms with E-state index in [9.17, 15) is 9.59 Å². The molecule has 0 radical (unpaired) electrons. The van der Waals surface area contributed by atoms with Gasteiger partial charge in [0.2, 0.25) is 11.6 Å². The van der Waals surface area contributed by atoms with Crippen LogP contribution < -0.4 is 4.74 Å². The fourth-order valence-electron chi connectivity index (χ4n) is 1.96. The van der Waals surface area contributed by atoms with Crippen molar-refractivity contribution in [2.45, 2.75) is 6.92 Å². The van der Waals surface area contributed by atoms with E-state index in [1.54, 1.807) is 12.1 Å². The molecular formula is C14H10O3S2. The number of Topliss-reactive ketones (excluding diaryl/α,β-unsaturated/α-hetero) is 2. The predicted octanol–water partition coefficient (Wildman–Crippen LogP) is 3.30. The van der Waals surface area contributed by atoms with Gasteiger partial charge >= 0.3 is 0 Å². The summed E-state index contributed by atoms with van der Waals surface area (Å²) < 4.78 is 6.18. The summed E-state index contributed by atoms with van der Waals surface area (Å²) in [5.74, 6) is -0.00189. The Morgan fingerprint density at radius 3 is 2.63 bits per heavy atom. The van der Waals surface area contributed by atoms with Crippen molar-refractivity contribution in [1.29, 1.82) is 0 Å². The van der Waals surface area contributed by atoms with Gasteiger partial charge in [-0.05, 0) is 29.9 Å². The summed E-state index contributed by atoms with van der Waals surface area (Å²) in [7, 11) is 0. The average Bonchev–Trinajstić information content (AvgIpc) is 2.87. The molecule has 1 aromatic rings. The smallest absolute Gasteiger partial charge is 0.205 e. The summed E-state index contributed by atoms with van der Waals surface area (Å²) in [6, 6.07) is 5.39. The topological polar surface area (TPSA) is 43.4 Å². The molecule has 0 N–H and O–H groups in total. The van der Waals surface area contributed by atoms with Crippen molar-refractivity contribution in [2.24, 2.45) is 0 Å². The molecule has 0 saturated carbocycles. The zero-order chi connectivity index (χ0) is 13.4. The number of rotatable bonds is 0. The monoisotopic (exact) mass is 290 g/mol. The highest BCUT2D eigenvalue weighted by Crippen LogP contribution is 2.42. The molecule has 1 aromatic carbocycles. The molecule has 0 amide bonds. The number of benzene rings is 1. The minimum Gasteiger partial charge on any atom is -0.485 e. The van der Waals surface area contributed by atoms with Crippen LogP contribution in [0.25, 0.3) is 0 Å². The van der Waals surface area contributed by atoms with Gasteiger partial charge in [-0.1, -0.05) is 35.2 Å². The normalized spacial score (nSPS) is 18.4. The van der Waals surface area contributed by atoms with E-state index in [0.29, 0.717) is 11.3 Å². The Morgan fingerprint density at radius 2 is 1.89 bits per heavy atom. The Hall–Kier alpha value is -1.46. The van der Waals surface area contributed by atoms with Gasteiger partial charge in [0, 0.05) is 0 Å². The first-order chi connectivity index (χ1) is 9.16. The van der Waals surface area contributed by atoms with E-state index >= 15 is 0 Å². The van der Waals surface area contributed by atoms with Gasteiger partial charge in [-0.25, -0.2) is 0 Å². The minimum atomic E-state index is -0.252. The molecule has 2 aliphatic heterocycles. The quantitative estimate of drug-likeness (QED) is 0.542. The maximum Gasteiger partial charge on any atom is 0.205 e. The van der Waals surface area contributed by atoms with Crippen LogP contribution in [0.2, 0.25) is 0 Å². The van der Waals surface area contributed by atoms with E-state index in [-0.39, 0.29) is 23.7 Å². The van der Waals surface area contributed by atoms with Crippen molar-refractivity contribution in [2.75, 3.05) is 6.61 Å². The van der Waals surface area contributed by atoms with Crippen LogP contribution in [0.5, 0.6) is 5.75 Å². The predicted molar refractivity (Wildman–Crippen MR) is 77.4 cm³/mol. The highest BCUT2D eigenvalue weighted by molar-refractivity contribution is 8.27. The second-order valence-electron chi connectivity index (χ2n) is 4.21. The van der Waals surface area contributed by atoms with Crippen molar-refractivity contribution < 1.29 is 14.3 Å². The molecule has 0 aromatic heterocycles. The van der Waals surface area contributed by atoms with Gasteiger partial charge in [0.1, 0.15) is 5.75 Å². The lowest BCUT2D eigenvalue weighted by Crippen LogP contribution is -2.16. The molecule has 0 fully saturated rings. The van der Waals surface area contributed by atoms with E-state index in [1.165, 1.54) is 23.5 Å². The second-order valence-corrected chi connectivity index (χ2v) is 6.30. The minimum absolute atomic E-state index is 0.0816. The third-order valence-electron chi connectivity index (χ3n) is 2.85. The Balaban J connectivity index is 2.15. The van der Waals surface area contributed by atoms with Gasteiger partial charge in [-0.3, -0.25) is 9.59 Å². The van der Waals surface area contributed by atoms with Crippen LogP contribution in [-0.4, -0.2) is 18.2 Å². The zero-order valence-corrected chi connectivity index (χ0v) is 11.8. The molecule has 2 heterocycles. The van der Waals surface area contributed by atoms with Crippen molar-refractivity contribution in [3.8, 4) is 5.75 Å². The Labute approximate surface area is 119 Å². The summed E-state index contributed by atoms with van der Waals surface area (Å²) >= 11 is 2.82. The Kier molecular flexibility index (Phi) is 3.24. The maximum absolute atomic E-state index is 12.6. The number of carbonyl (C=O) groups is 2. The molecule has 0 saturated heterocycles. The Morgan fingerprint density at radius 1 is 1.16 bits per heavy atom. The number of hydrogen-bond acceptors (Lipinski definition) is 5. The maximum atomic E-state index is 12.6. The number of ether oxygens (including phenoxy) is 1. The highest BCUT2D eigenvalue weighted by Gasteiger charge is 2.31. The molecular weight excluding hydrogens is 280 g/mol. The molecule has 96 valence electrons. The van der Waals surface area contributed by atoms with Gasteiger partial charge in [-0.15, -0.1) is 0 Å². The first-order valence-electron chi connectivity index (χ1n) is 5.71. The molecule has 0 unspecified atom stereocenters. The van der Waals surface area contributed by atoms with Crippen LogP contribution in [0.4, 0.5) is 0 Å². The van der Waals surface area contributed by atoms with Gasteiger partial charge in [0.05, 0.1) is 15.4 Å². The van der Waals surface area contributed by atoms with E-state index in [4.69, 9.17) is 4.74 Å². The lowest BCUT2D eigenvalue weighted by Gasteiger charge is -2.06. The number of hydrogen-bond donors (Lipinski definition) is 0. The molecule has 5 heteroatoms. The molecule has 0 atom stereocenters. The van der Waals surface area contributed by atoms with Crippen molar-refractivity contribution in [3.63, 3.8) is 0 Å². The van der Waals surface area contributed by atoms with E-state index in [1.807, 2.05) is 23.8 Å².